The number of pyridine rings is 1. The molecule has 0 aliphatic heterocycles. The smallest absolute Gasteiger partial charge is 0.267 e. The minimum atomic E-state index is -3.97. The quantitative estimate of drug-likeness (QED) is 0.894. The van der Waals surface area contributed by atoms with E-state index in [1.165, 1.54) is 13.3 Å². The number of H-pyrrole nitrogens is 1. The van der Waals surface area contributed by atoms with E-state index < -0.39 is 15.5 Å². The van der Waals surface area contributed by atoms with E-state index in [-0.39, 0.29) is 10.6 Å². The molecule has 0 bridgehead atoms. The Kier molecular flexibility index (Phi) is 3.80. The third-order valence-electron chi connectivity index (χ3n) is 2.68. The Bertz CT molecular complexity index is 781. The van der Waals surface area contributed by atoms with Crippen molar-refractivity contribution in [3.63, 3.8) is 0 Å². The Morgan fingerprint density at radius 2 is 2.00 bits per heavy atom. The molecule has 2 N–H and O–H groups in total. The van der Waals surface area contributed by atoms with Crippen LogP contribution in [0.4, 0.5) is 5.69 Å². The fraction of sp³-hybridized carbons (Fsp3) is 0.154. The molecule has 1 heterocycles. The predicted octanol–water partition coefficient (Wildman–Crippen LogP) is 1.49. The summed E-state index contributed by atoms with van der Waals surface area (Å²) < 4.78 is 31.9. The number of benzene rings is 1. The largest absolute Gasteiger partial charge is 0.495 e. The Morgan fingerprint density at radius 1 is 1.25 bits per heavy atom. The normalized spacial score (nSPS) is 11.1. The summed E-state index contributed by atoms with van der Waals surface area (Å²) in [6.45, 7) is 1.83. The Hall–Kier alpha value is -2.28. The molecule has 7 heteroatoms. The highest BCUT2D eigenvalue weighted by Gasteiger charge is 2.19. The summed E-state index contributed by atoms with van der Waals surface area (Å²) in [5.74, 6) is 0.381. The Balaban J connectivity index is 2.46. The third-order valence-corrected chi connectivity index (χ3v) is 4.06. The molecule has 0 radical (unpaired) electrons. The highest BCUT2D eigenvalue weighted by Crippen LogP contribution is 2.27. The van der Waals surface area contributed by atoms with E-state index in [2.05, 4.69) is 9.71 Å². The van der Waals surface area contributed by atoms with Crippen molar-refractivity contribution in [2.75, 3.05) is 11.8 Å². The van der Waals surface area contributed by atoms with Gasteiger partial charge in [-0.15, -0.1) is 0 Å². The lowest BCUT2D eigenvalue weighted by atomic mass is 10.2. The zero-order valence-corrected chi connectivity index (χ0v) is 11.8. The lowest BCUT2D eigenvalue weighted by Crippen LogP contribution is -2.21. The van der Waals surface area contributed by atoms with Gasteiger partial charge < -0.3 is 9.72 Å². The van der Waals surface area contributed by atoms with Gasteiger partial charge in [-0.2, -0.15) is 0 Å². The van der Waals surface area contributed by atoms with Crippen LogP contribution in [0.15, 0.2) is 46.3 Å². The maximum atomic E-state index is 12.2. The molecular formula is C13H14N2O4S. The van der Waals surface area contributed by atoms with Gasteiger partial charge in [0.2, 0.25) is 5.43 Å². The molecule has 0 saturated heterocycles. The van der Waals surface area contributed by atoms with Gasteiger partial charge in [-0.3, -0.25) is 9.52 Å². The van der Waals surface area contributed by atoms with Crippen molar-refractivity contribution in [3.05, 3.63) is 52.4 Å². The van der Waals surface area contributed by atoms with Crippen LogP contribution in [-0.2, 0) is 10.0 Å². The van der Waals surface area contributed by atoms with Gasteiger partial charge in [-0.05, 0) is 24.6 Å². The summed E-state index contributed by atoms with van der Waals surface area (Å²) in [6, 6.07) is 6.24. The zero-order valence-electron chi connectivity index (χ0n) is 11.0. The first-order valence-electron chi connectivity index (χ1n) is 5.78. The van der Waals surface area contributed by atoms with Gasteiger partial charge in [0, 0.05) is 18.5 Å². The second kappa shape index (κ2) is 5.38. The number of anilines is 1. The van der Waals surface area contributed by atoms with Crippen molar-refractivity contribution in [3.8, 4) is 5.75 Å². The van der Waals surface area contributed by atoms with Crippen molar-refractivity contribution < 1.29 is 13.2 Å². The fourth-order valence-corrected chi connectivity index (χ4v) is 2.83. The third kappa shape index (κ3) is 2.83. The highest BCUT2D eigenvalue weighted by molar-refractivity contribution is 7.92. The number of aromatic nitrogens is 1. The maximum Gasteiger partial charge on any atom is 0.267 e. The minimum absolute atomic E-state index is 0.288. The molecular weight excluding hydrogens is 280 g/mol. The van der Waals surface area contributed by atoms with Crippen LogP contribution in [0.25, 0.3) is 0 Å². The van der Waals surface area contributed by atoms with Crippen LogP contribution in [-0.4, -0.2) is 20.5 Å². The van der Waals surface area contributed by atoms with Crippen LogP contribution >= 0.6 is 0 Å². The second-order valence-corrected chi connectivity index (χ2v) is 5.83. The number of nitrogens with one attached hydrogen (secondary N) is 2. The van der Waals surface area contributed by atoms with Crippen LogP contribution in [0.2, 0.25) is 0 Å². The molecule has 0 spiro atoms. The zero-order chi connectivity index (χ0) is 14.8. The first-order valence-corrected chi connectivity index (χ1v) is 7.27. The van der Waals surface area contributed by atoms with Crippen molar-refractivity contribution in [2.24, 2.45) is 0 Å². The van der Waals surface area contributed by atoms with Crippen molar-refractivity contribution >= 4 is 15.7 Å². The van der Waals surface area contributed by atoms with Crippen molar-refractivity contribution in [2.45, 2.75) is 11.8 Å². The van der Waals surface area contributed by atoms with Gasteiger partial charge in [0.15, 0.2) is 4.90 Å². The number of sulfonamides is 1. The van der Waals surface area contributed by atoms with Gasteiger partial charge in [0.05, 0.1) is 12.8 Å². The summed E-state index contributed by atoms with van der Waals surface area (Å²) >= 11 is 0. The van der Waals surface area contributed by atoms with Crippen molar-refractivity contribution in [1.82, 2.24) is 4.98 Å². The summed E-state index contributed by atoms with van der Waals surface area (Å²) in [5, 5.41) is 0. The number of aromatic amines is 1. The molecule has 2 rings (SSSR count). The second-order valence-electron chi connectivity index (χ2n) is 4.18. The van der Waals surface area contributed by atoms with Gasteiger partial charge in [-0.1, -0.05) is 6.07 Å². The van der Waals surface area contributed by atoms with E-state index in [9.17, 15) is 13.2 Å². The lowest BCUT2D eigenvalue weighted by Gasteiger charge is -2.12. The number of hydrogen-bond acceptors (Lipinski definition) is 4. The minimum Gasteiger partial charge on any atom is -0.495 e. The molecule has 0 amide bonds. The van der Waals surface area contributed by atoms with Crippen LogP contribution in [0, 0.1) is 6.92 Å². The van der Waals surface area contributed by atoms with Crippen molar-refractivity contribution in [1.29, 1.82) is 0 Å². The molecule has 0 aliphatic carbocycles. The van der Waals surface area contributed by atoms with E-state index in [4.69, 9.17) is 4.74 Å². The van der Waals surface area contributed by atoms with Gasteiger partial charge in [-0.25, -0.2) is 8.42 Å². The number of methoxy groups -OCH3 is 1. The van der Waals surface area contributed by atoms with E-state index in [0.717, 1.165) is 17.8 Å². The average molecular weight is 294 g/mol. The monoisotopic (exact) mass is 294 g/mol. The van der Waals surface area contributed by atoms with Gasteiger partial charge in [0.1, 0.15) is 5.75 Å². The predicted molar refractivity (Wildman–Crippen MR) is 75.6 cm³/mol. The number of rotatable bonds is 4. The first-order chi connectivity index (χ1) is 9.44. The van der Waals surface area contributed by atoms with E-state index in [1.54, 1.807) is 18.2 Å². The molecule has 6 nitrogen and oxygen atoms in total. The lowest BCUT2D eigenvalue weighted by molar-refractivity contribution is 0.417. The molecule has 0 aliphatic rings. The topological polar surface area (TPSA) is 88.3 Å². The summed E-state index contributed by atoms with van der Waals surface area (Å²) in [4.78, 5) is 13.8. The van der Waals surface area contributed by atoms with Crippen LogP contribution in [0.1, 0.15) is 5.56 Å². The SMILES string of the molecule is COc1ccc(C)cc1NS(=O)(=O)c1c[nH]ccc1=O. The molecule has 1 aromatic carbocycles. The molecule has 20 heavy (non-hydrogen) atoms. The standard InChI is InChI=1S/C13H14N2O4S/c1-9-3-4-12(19-2)10(7-9)15-20(17,18)13-8-14-6-5-11(13)16/h3-8,15H,1-2H3,(H,14,16). The highest BCUT2D eigenvalue weighted by atomic mass is 32.2. The van der Waals surface area contributed by atoms with Gasteiger partial charge in [0.25, 0.3) is 10.0 Å². The molecule has 106 valence electrons. The van der Waals surface area contributed by atoms with Crippen LogP contribution in [0.5, 0.6) is 5.75 Å². The summed E-state index contributed by atoms with van der Waals surface area (Å²) in [5.41, 5.74) is 0.573. The summed E-state index contributed by atoms with van der Waals surface area (Å²) in [6.07, 6.45) is 2.52. The number of hydrogen-bond donors (Lipinski definition) is 2. The molecule has 0 fully saturated rings. The fourth-order valence-electron chi connectivity index (χ4n) is 1.71. The molecule has 1 aromatic heterocycles. The molecule has 2 aromatic rings. The molecule has 0 saturated carbocycles. The molecule has 0 atom stereocenters. The Morgan fingerprint density at radius 3 is 2.65 bits per heavy atom. The number of ether oxygens (including phenoxy) is 1. The maximum absolute atomic E-state index is 12.2. The van der Waals surface area contributed by atoms with Crippen LogP contribution in [0.3, 0.4) is 0 Å². The van der Waals surface area contributed by atoms with Gasteiger partial charge >= 0.3 is 0 Å². The first kappa shape index (κ1) is 14.1. The number of aryl methyl sites for hydroxylation is 1. The Labute approximate surface area is 116 Å². The average Bonchev–Trinajstić information content (AvgIpc) is 2.39. The van der Waals surface area contributed by atoms with E-state index in [0.29, 0.717) is 5.75 Å². The van der Waals surface area contributed by atoms with E-state index in [1.807, 2.05) is 6.92 Å². The molecule has 0 unspecified atom stereocenters. The summed E-state index contributed by atoms with van der Waals surface area (Å²) in [7, 11) is -2.52. The van der Waals surface area contributed by atoms with E-state index >= 15 is 0 Å². The van der Waals surface area contributed by atoms with Crippen LogP contribution < -0.4 is 14.9 Å².